The van der Waals surface area contributed by atoms with E-state index in [1.807, 2.05) is 19.1 Å². The van der Waals surface area contributed by atoms with Crippen molar-refractivity contribution >= 4 is 39.1 Å². The molecule has 1 heterocycles. The van der Waals surface area contributed by atoms with E-state index in [2.05, 4.69) is 15.9 Å². The maximum Gasteiger partial charge on any atom is 0.308 e. The third-order valence-corrected chi connectivity index (χ3v) is 4.54. The molecule has 6 heteroatoms. The minimum absolute atomic E-state index is 0.0579. The Kier molecular flexibility index (Phi) is 5.34. The monoisotopic (exact) mass is 333 g/mol. The van der Waals surface area contributed by atoms with Gasteiger partial charge in [-0.15, -0.1) is 11.3 Å². The molecule has 0 saturated heterocycles. The van der Waals surface area contributed by atoms with E-state index < -0.39 is 11.9 Å². The second-order valence-corrected chi connectivity index (χ2v) is 6.82. The Morgan fingerprint density at radius 2 is 2.06 bits per heavy atom. The molecule has 0 radical (unpaired) electrons. The lowest BCUT2D eigenvalue weighted by Crippen LogP contribution is -2.36. The number of hydrogen-bond donors (Lipinski definition) is 1. The van der Waals surface area contributed by atoms with Crippen LogP contribution >= 0.6 is 27.3 Å². The Morgan fingerprint density at radius 3 is 2.50 bits per heavy atom. The van der Waals surface area contributed by atoms with Crippen LogP contribution in [0.2, 0.25) is 0 Å². The zero-order valence-electron chi connectivity index (χ0n) is 10.5. The van der Waals surface area contributed by atoms with Gasteiger partial charge in [0.1, 0.15) is 0 Å². The molecule has 0 aliphatic carbocycles. The Bertz CT molecular complexity index is 446. The zero-order chi connectivity index (χ0) is 13.9. The van der Waals surface area contributed by atoms with E-state index in [9.17, 15) is 9.59 Å². The number of nitrogens with zero attached hydrogens (tertiary/aromatic N) is 1. The molecule has 100 valence electrons. The molecule has 1 aromatic rings. The third kappa shape index (κ3) is 3.81. The van der Waals surface area contributed by atoms with Gasteiger partial charge in [0.25, 0.3) is 0 Å². The molecule has 2 unspecified atom stereocenters. The predicted octanol–water partition coefficient (Wildman–Crippen LogP) is 2.79. The Labute approximate surface area is 119 Å². The lowest BCUT2D eigenvalue weighted by atomic mass is 10.1. The second kappa shape index (κ2) is 6.33. The summed E-state index contributed by atoms with van der Waals surface area (Å²) < 4.78 is 0.985. The molecule has 0 spiro atoms. The van der Waals surface area contributed by atoms with Crippen LogP contribution in [0.15, 0.2) is 15.9 Å². The van der Waals surface area contributed by atoms with Crippen LogP contribution in [0, 0.1) is 5.92 Å². The molecule has 1 rings (SSSR count). The summed E-state index contributed by atoms with van der Waals surface area (Å²) in [6.07, 6.45) is 0. The largest absolute Gasteiger partial charge is 0.481 e. The van der Waals surface area contributed by atoms with Crippen molar-refractivity contribution in [3.63, 3.8) is 0 Å². The fraction of sp³-hybridized carbons (Fsp3) is 0.500. The van der Waals surface area contributed by atoms with E-state index in [1.54, 1.807) is 14.0 Å². The Morgan fingerprint density at radius 1 is 1.44 bits per heavy atom. The number of likely N-dealkylation sites (N-methyl/N-ethyl adjacent to an activating group) is 1. The molecule has 1 N–H and O–H groups in total. The molecule has 1 aromatic heterocycles. The topological polar surface area (TPSA) is 57.6 Å². The molecule has 0 fully saturated rings. The van der Waals surface area contributed by atoms with Gasteiger partial charge in [-0.3, -0.25) is 9.59 Å². The number of carbonyl (C=O) groups excluding carboxylic acids is 1. The average molecular weight is 334 g/mol. The smallest absolute Gasteiger partial charge is 0.308 e. The quantitative estimate of drug-likeness (QED) is 0.901. The van der Waals surface area contributed by atoms with Crippen molar-refractivity contribution in [2.24, 2.45) is 5.92 Å². The maximum absolute atomic E-state index is 12.1. The highest BCUT2D eigenvalue weighted by molar-refractivity contribution is 9.11. The lowest BCUT2D eigenvalue weighted by Gasteiger charge is -2.22. The van der Waals surface area contributed by atoms with E-state index in [-0.39, 0.29) is 18.4 Å². The second-order valence-electron chi connectivity index (χ2n) is 4.32. The number of carboxylic acids is 1. The summed E-state index contributed by atoms with van der Waals surface area (Å²) in [6, 6.07) is 3.81. The van der Waals surface area contributed by atoms with Crippen LogP contribution in [0.3, 0.4) is 0 Å². The van der Waals surface area contributed by atoms with Gasteiger partial charge in [0.05, 0.1) is 15.6 Å². The van der Waals surface area contributed by atoms with Crippen molar-refractivity contribution < 1.29 is 14.7 Å². The SMILES string of the molecule is CC(CN(C)C(=O)C(C)c1ccc(Br)s1)C(=O)O. The van der Waals surface area contributed by atoms with E-state index in [0.717, 1.165) is 8.66 Å². The molecule has 0 bridgehead atoms. The average Bonchev–Trinajstić information content (AvgIpc) is 2.73. The minimum atomic E-state index is -0.888. The van der Waals surface area contributed by atoms with Gasteiger partial charge in [0.2, 0.25) is 5.91 Å². The normalized spacial score (nSPS) is 14.0. The number of hydrogen-bond acceptors (Lipinski definition) is 3. The van der Waals surface area contributed by atoms with Gasteiger partial charge in [0, 0.05) is 18.5 Å². The first-order chi connectivity index (χ1) is 8.32. The van der Waals surface area contributed by atoms with Crippen LogP contribution < -0.4 is 0 Å². The number of rotatable bonds is 5. The number of carboxylic acid groups (broad SMARTS) is 1. The van der Waals surface area contributed by atoms with Gasteiger partial charge >= 0.3 is 5.97 Å². The number of aliphatic carboxylic acids is 1. The summed E-state index contributed by atoms with van der Waals surface area (Å²) in [7, 11) is 1.64. The molecule has 0 aliphatic heterocycles. The van der Waals surface area contributed by atoms with Crippen LogP contribution in [0.25, 0.3) is 0 Å². The van der Waals surface area contributed by atoms with Crippen molar-refractivity contribution in [3.05, 3.63) is 20.8 Å². The highest BCUT2D eigenvalue weighted by Gasteiger charge is 2.23. The van der Waals surface area contributed by atoms with E-state index in [0.29, 0.717) is 0 Å². The van der Waals surface area contributed by atoms with Crippen LogP contribution in [0.5, 0.6) is 0 Å². The standard InChI is InChI=1S/C12H16BrNO3S/c1-7(12(16)17)6-14(3)11(15)8(2)9-4-5-10(13)18-9/h4-5,7-8H,6H2,1-3H3,(H,16,17). The molecule has 4 nitrogen and oxygen atoms in total. The molecule has 0 aromatic carbocycles. The lowest BCUT2D eigenvalue weighted by molar-refractivity contribution is -0.142. The van der Waals surface area contributed by atoms with Crippen molar-refractivity contribution in [3.8, 4) is 0 Å². The first kappa shape index (κ1) is 15.2. The fourth-order valence-corrected chi connectivity index (χ4v) is 3.06. The molecular weight excluding hydrogens is 318 g/mol. The maximum atomic E-state index is 12.1. The number of thiophene rings is 1. The highest BCUT2D eigenvalue weighted by atomic mass is 79.9. The van der Waals surface area contributed by atoms with Gasteiger partial charge in [-0.1, -0.05) is 6.92 Å². The van der Waals surface area contributed by atoms with Crippen LogP contribution in [-0.2, 0) is 9.59 Å². The third-order valence-electron chi connectivity index (χ3n) is 2.74. The molecule has 1 amide bonds. The van der Waals surface area contributed by atoms with Gasteiger partial charge in [-0.2, -0.15) is 0 Å². The van der Waals surface area contributed by atoms with Crippen LogP contribution in [-0.4, -0.2) is 35.5 Å². The zero-order valence-corrected chi connectivity index (χ0v) is 12.9. The molecule has 18 heavy (non-hydrogen) atoms. The van der Waals surface area contributed by atoms with Gasteiger partial charge in [-0.05, 0) is 35.0 Å². The number of amides is 1. The number of carbonyl (C=O) groups is 2. The van der Waals surface area contributed by atoms with Crippen LogP contribution in [0.4, 0.5) is 0 Å². The summed E-state index contributed by atoms with van der Waals surface area (Å²) in [4.78, 5) is 25.4. The summed E-state index contributed by atoms with van der Waals surface area (Å²) in [6.45, 7) is 3.66. The first-order valence-electron chi connectivity index (χ1n) is 5.56. The van der Waals surface area contributed by atoms with Gasteiger partial charge < -0.3 is 10.0 Å². The van der Waals surface area contributed by atoms with Crippen molar-refractivity contribution in [1.82, 2.24) is 4.90 Å². The first-order valence-corrected chi connectivity index (χ1v) is 7.17. The van der Waals surface area contributed by atoms with Crippen molar-refractivity contribution in [2.45, 2.75) is 19.8 Å². The van der Waals surface area contributed by atoms with Gasteiger partial charge in [0.15, 0.2) is 0 Å². The van der Waals surface area contributed by atoms with Gasteiger partial charge in [-0.25, -0.2) is 0 Å². The summed E-state index contributed by atoms with van der Waals surface area (Å²) >= 11 is 4.88. The Balaban J connectivity index is 2.66. The molecule has 0 aliphatic rings. The number of halogens is 1. The minimum Gasteiger partial charge on any atom is -0.481 e. The predicted molar refractivity (Wildman–Crippen MR) is 74.9 cm³/mol. The van der Waals surface area contributed by atoms with E-state index in [1.165, 1.54) is 16.2 Å². The van der Waals surface area contributed by atoms with E-state index in [4.69, 9.17) is 5.11 Å². The molecular formula is C12H16BrNO3S. The van der Waals surface area contributed by atoms with E-state index >= 15 is 0 Å². The molecule has 0 saturated carbocycles. The van der Waals surface area contributed by atoms with Crippen molar-refractivity contribution in [2.75, 3.05) is 13.6 Å². The summed E-state index contributed by atoms with van der Waals surface area (Å²) in [5, 5.41) is 8.83. The van der Waals surface area contributed by atoms with Crippen LogP contribution in [0.1, 0.15) is 24.6 Å². The molecule has 2 atom stereocenters. The Hall–Kier alpha value is -0.880. The summed E-state index contributed by atoms with van der Waals surface area (Å²) in [5.41, 5.74) is 0. The highest BCUT2D eigenvalue weighted by Crippen LogP contribution is 2.29. The summed E-state index contributed by atoms with van der Waals surface area (Å²) in [5.74, 6) is -1.74. The fourth-order valence-electron chi connectivity index (χ4n) is 1.59. The van der Waals surface area contributed by atoms with Crippen molar-refractivity contribution in [1.29, 1.82) is 0 Å².